The van der Waals surface area contributed by atoms with Crippen LogP contribution in [0.5, 0.6) is 0 Å². The summed E-state index contributed by atoms with van der Waals surface area (Å²) in [5.41, 5.74) is 2.66. The van der Waals surface area contributed by atoms with E-state index in [1.165, 1.54) is 11.1 Å². The van der Waals surface area contributed by atoms with Gasteiger partial charge in [-0.1, -0.05) is 29.8 Å². The Kier molecular flexibility index (Phi) is 4.65. The smallest absolute Gasteiger partial charge is 0.214 e. The van der Waals surface area contributed by atoms with Crippen molar-refractivity contribution in [1.29, 1.82) is 0 Å². The summed E-state index contributed by atoms with van der Waals surface area (Å²) in [5, 5.41) is -0.134. The molecule has 2 saturated heterocycles. The summed E-state index contributed by atoms with van der Waals surface area (Å²) in [6.07, 6.45) is 3.71. The Labute approximate surface area is 150 Å². The van der Waals surface area contributed by atoms with Gasteiger partial charge < -0.3 is 4.74 Å². The zero-order valence-corrected chi connectivity index (χ0v) is 15.7. The quantitative estimate of drug-likeness (QED) is 0.839. The first kappa shape index (κ1) is 17.5. The lowest BCUT2D eigenvalue weighted by Gasteiger charge is -2.53. The maximum absolute atomic E-state index is 11.9. The van der Waals surface area contributed by atoms with E-state index in [1.807, 2.05) is 0 Å². The van der Waals surface area contributed by atoms with Crippen LogP contribution in [0.25, 0.3) is 0 Å². The average Bonchev–Trinajstić information content (AvgIpc) is 3.40. The van der Waals surface area contributed by atoms with Gasteiger partial charge in [0.2, 0.25) is 10.0 Å². The SMILES string of the molecule is Cc1ccc(CN2CC3(CC[C@H](CNS(=O)(=O)C4CC4)CO3)C2)cc1. The number of nitrogens with one attached hydrogen (secondary N) is 1. The van der Waals surface area contributed by atoms with Crippen LogP contribution in [0.15, 0.2) is 24.3 Å². The predicted molar refractivity (Wildman–Crippen MR) is 97.8 cm³/mol. The van der Waals surface area contributed by atoms with Gasteiger partial charge in [-0.05, 0) is 44.1 Å². The molecule has 1 aromatic carbocycles. The Hall–Kier alpha value is -0.950. The van der Waals surface area contributed by atoms with Crippen LogP contribution in [-0.4, -0.2) is 50.4 Å². The highest BCUT2D eigenvalue weighted by atomic mass is 32.2. The van der Waals surface area contributed by atoms with Crippen molar-refractivity contribution in [3.05, 3.63) is 35.4 Å². The molecule has 1 N–H and O–H groups in total. The first-order valence-electron chi connectivity index (χ1n) is 9.35. The molecule has 6 heteroatoms. The lowest BCUT2D eigenvalue weighted by molar-refractivity contribution is -0.181. The highest BCUT2D eigenvalue weighted by molar-refractivity contribution is 7.90. The Morgan fingerprint density at radius 2 is 1.92 bits per heavy atom. The maximum atomic E-state index is 11.9. The second-order valence-corrected chi connectivity index (χ2v) is 10.2. The van der Waals surface area contributed by atoms with Crippen LogP contribution >= 0.6 is 0 Å². The third-order valence-corrected chi connectivity index (χ3v) is 7.64. The molecule has 1 spiro atoms. The van der Waals surface area contributed by atoms with E-state index >= 15 is 0 Å². The third kappa shape index (κ3) is 4.08. The fourth-order valence-electron chi connectivity index (χ4n) is 3.89. The minimum absolute atomic E-state index is 0.0105. The van der Waals surface area contributed by atoms with Crippen LogP contribution in [0.1, 0.15) is 36.8 Å². The van der Waals surface area contributed by atoms with E-state index in [-0.39, 0.29) is 10.9 Å². The standard InChI is InChI=1S/C19H28N2O3S/c1-15-2-4-16(5-3-15)11-21-13-19(14-21)9-8-17(12-24-19)10-20-25(22,23)18-6-7-18/h2-5,17-18,20H,6-14H2,1H3/t17-/m1/s1. The molecule has 2 heterocycles. The van der Waals surface area contributed by atoms with Crippen molar-refractivity contribution in [1.82, 2.24) is 9.62 Å². The molecule has 0 bridgehead atoms. The van der Waals surface area contributed by atoms with Crippen LogP contribution in [-0.2, 0) is 21.3 Å². The fraction of sp³-hybridized carbons (Fsp3) is 0.684. The molecule has 5 nitrogen and oxygen atoms in total. The topological polar surface area (TPSA) is 58.6 Å². The number of rotatable bonds is 6. The number of benzene rings is 1. The van der Waals surface area contributed by atoms with Gasteiger partial charge in [-0.2, -0.15) is 0 Å². The molecule has 1 saturated carbocycles. The molecule has 4 rings (SSSR count). The first-order chi connectivity index (χ1) is 11.9. The van der Waals surface area contributed by atoms with E-state index in [0.29, 0.717) is 19.1 Å². The Balaban J connectivity index is 1.20. The minimum atomic E-state index is -3.07. The number of sulfonamides is 1. The van der Waals surface area contributed by atoms with Crippen LogP contribution in [0.2, 0.25) is 0 Å². The third-order valence-electron chi connectivity index (χ3n) is 5.72. The van der Waals surface area contributed by atoms with Gasteiger partial charge in [0, 0.05) is 26.2 Å². The van der Waals surface area contributed by atoms with E-state index in [9.17, 15) is 8.42 Å². The molecule has 1 aromatic rings. The van der Waals surface area contributed by atoms with Crippen molar-refractivity contribution >= 4 is 10.0 Å². The molecule has 138 valence electrons. The number of ether oxygens (including phenoxy) is 1. The molecule has 1 atom stereocenters. The minimum Gasteiger partial charge on any atom is -0.372 e. The van der Waals surface area contributed by atoms with E-state index in [1.54, 1.807) is 0 Å². The summed E-state index contributed by atoms with van der Waals surface area (Å²) in [4.78, 5) is 2.43. The normalized spacial score (nSPS) is 26.5. The molecular formula is C19H28N2O3S. The average molecular weight is 365 g/mol. The van der Waals surface area contributed by atoms with Gasteiger partial charge in [0.05, 0.1) is 17.5 Å². The molecule has 0 radical (unpaired) electrons. The second-order valence-electron chi connectivity index (χ2n) is 8.12. The van der Waals surface area contributed by atoms with Crippen molar-refractivity contribution < 1.29 is 13.2 Å². The molecule has 0 aromatic heterocycles. The van der Waals surface area contributed by atoms with Gasteiger partial charge in [0.15, 0.2) is 0 Å². The van der Waals surface area contributed by atoms with Crippen molar-refractivity contribution in [3.63, 3.8) is 0 Å². The van der Waals surface area contributed by atoms with Gasteiger partial charge in [-0.15, -0.1) is 0 Å². The van der Waals surface area contributed by atoms with Gasteiger partial charge in [-0.3, -0.25) is 4.90 Å². The Morgan fingerprint density at radius 3 is 2.52 bits per heavy atom. The van der Waals surface area contributed by atoms with Crippen molar-refractivity contribution in [2.45, 2.75) is 50.0 Å². The van der Waals surface area contributed by atoms with Crippen molar-refractivity contribution in [3.8, 4) is 0 Å². The predicted octanol–water partition coefficient (Wildman–Crippen LogP) is 2.06. The van der Waals surface area contributed by atoms with Crippen LogP contribution in [0, 0.1) is 12.8 Å². The lowest BCUT2D eigenvalue weighted by Crippen LogP contribution is -2.64. The number of hydrogen-bond donors (Lipinski definition) is 1. The fourth-order valence-corrected chi connectivity index (χ4v) is 5.35. The lowest BCUT2D eigenvalue weighted by atomic mass is 9.83. The van der Waals surface area contributed by atoms with E-state index in [4.69, 9.17) is 4.74 Å². The Morgan fingerprint density at radius 1 is 1.20 bits per heavy atom. The summed E-state index contributed by atoms with van der Waals surface area (Å²) in [7, 11) is -3.07. The zero-order valence-electron chi connectivity index (χ0n) is 14.9. The van der Waals surface area contributed by atoms with Gasteiger partial charge >= 0.3 is 0 Å². The summed E-state index contributed by atoms with van der Waals surface area (Å²) < 4.78 is 32.8. The summed E-state index contributed by atoms with van der Waals surface area (Å²) in [6.45, 7) is 6.27. The number of hydrogen-bond acceptors (Lipinski definition) is 4. The van der Waals surface area contributed by atoms with E-state index < -0.39 is 10.0 Å². The number of nitrogens with zero attached hydrogens (tertiary/aromatic N) is 1. The Bertz CT molecular complexity index is 697. The highest BCUT2D eigenvalue weighted by Crippen LogP contribution is 2.36. The van der Waals surface area contributed by atoms with Gasteiger partial charge in [0.1, 0.15) is 0 Å². The number of aryl methyl sites for hydroxylation is 1. The van der Waals surface area contributed by atoms with Crippen LogP contribution in [0.4, 0.5) is 0 Å². The molecule has 3 aliphatic rings. The molecule has 3 fully saturated rings. The molecule has 0 unspecified atom stereocenters. The van der Waals surface area contributed by atoms with Crippen molar-refractivity contribution in [2.24, 2.45) is 5.92 Å². The van der Waals surface area contributed by atoms with Gasteiger partial charge in [0.25, 0.3) is 0 Å². The first-order valence-corrected chi connectivity index (χ1v) is 10.9. The van der Waals surface area contributed by atoms with Crippen LogP contribution in [0.3, 0.4) is 0 Å². The largest absolute Gasteiger partial charge is 0.372 e. The van der Waals surface area contributed by atoms with E-state index in [0.717, 1.165) is 45.3 Å². The zero-order chi connectivity index (χ0) is 17.5. The summed E-state index contributed by atoms with van der Waals surface area (Å²) in [6, 6.07) is 8.72. The summed E-state index contributed by atoms with van der Waals surface area (Å²) >= 11 is 0. The monoisotopic (exact) mass is 364 g/mol. The molecule has 1 aliphatic carbocycles. The highest BCUT2D eigenvalue weighted by Gasteiger charge is 2.46. The molecular weight excluding hydrogens is 336 g/mol. The van der Waals surface area contributed by atoms with Crippen LogP contribution < -0.4 is 4.72 Å². The van der Waals surface area contributed by atoms with E-state index in [2.05, 4.69) is 40.8 Å². The molecule has 2 aliphatic heterocycles. The van der Waals surface area contributed by atoms with Crippen molar-refractivity contribution in [2.75, 3.05) is 26.2 Å². The maximum Gasteiger partial charge on any atom is 0.214 e. The van der Waals surface area contributed by atoms with Gasteiger partial charge in [-0.25, -0.2) is 13.1 Å². The molecule has 25 heavy (non-hydrogen) atoms. The number of likely N-dealkylation sites (tertiary alicyclic amines) is 1. The second kappa shape index (κ2) is 6.65. The summed E-state index contributed by atoms with van der Waals surface area (Å²) in [5.74, 6) is 0.310. The molecule has 0 amide bonds.